The Morgan fingerprint density at radius 2 is 1.95 bits per heavy atom. The zero-order chi connectivity index (χ0) is 14.8. The fourth-order valence-electron chi connectivity index (χ4n) is 2.88. The van der Waals surface area contributed by atoms with Gasteiger partial charge < -0.3 is 14.8 Å². The SMILES string of the molecule is COc1ccc(C2CNCc3ncc(C)cc32)cc1OC. The van der Waals surface area contributed by atoms with Gasteiger partial charge in [-0.15, -0.1) is 0 Å². The molecular weight excluding hydrogens is 264 g/mol. The van der Waals surface area contributed by atoms with Gasteiger partial charge in [0.2, 0.25) is 0 Å². The standard InChI is InChI=1S/C17H20N2O2/c1-11-6-13-14(9-18-10-15(13)19-8-11)12-4-5-16(20-2)17(7-12)21-3/h4-8,14,18H,9-10H2,1-3H3. The number of pyridine rings is 1. The number of benzene rings is 1. The first-order valence-electron chi connectivity index (χ1n) is 7.11. The first-order valence-corrected chi connectivity index (χ1v) is 7.11. The highest BCUT2D eigenvalue weighted by molar-refractivity contribution is 5.47. The van der Waals surface area contributed by atoms with Crippen LogP contribution in [0.2, 0.25) is 0 Å². The lowest BCUT2D eigenvalue weighted by molar-refractivity contribution is 0.354. The number of aromatic nitrogens is 1. The molecule has 110 valence electrons. The average Bonchev–Trinajstić information content (AvgIpc) is 2.53. The van der Waals surface area contributed by atoms with E-state index in [1.165, 1.54) is 16.7 Å². The fourth-order valence-corrected chi connectivity index (χ4v) is 2.88. The minimum Gasteiger partial charge on any atom is -0.493 e. The third-order valence-corrected chi connectivity index (χ3v) is 3.97. The van der Waals surface area contributed by atoms with Gasteiger partial charge in [0, 0.05) is 25.2 Å². The molecule has 0 saturated heterocycles. The summed E-state index contributed by atoms with van der Waals surface area (Å²) in [5.74, 6) is 1.82. The molecule has 2 heterocycles. The largest absolute Gasteiger partial charge is 0.493 e. The molecule has 1 aliphatic heterocycles. The van der Waals surface area contributed by atoms with Crippen molar-refractivity contribution in [3.8, 4) is 11.5 Å². The number of nitrogens with one attached hydrogen (secondary N) is 1. The van der Waals surface area contributed by atoms with E-state index in [0.29, 0.717) is 5.92 Å². The maximum Gasteiger partial charge on any atom is 0.161 e. The lowest BCUT2D eigenvalue weighted by Gasteiger charge is -2.27. The number of hydrogen-bond donors (Lipinski definition) is 1. The van der Waals surface area contributed by atoms with Crippen molar-refractivity contribution in [1.82, 2.24) is 10.3 Å². The van der Waals surface area contributed by atoms with Gasteiger partial charge in [-0.25, -0.2) is 0 Å². The summed E-state index contributed by atoms with van der Waals surface area (Å²) in [6.45, 7) is 3.83. The van der Waals surface area contributed by atoms with E-state index < -0.39 is 0 Å². The van der Waals surface area contributed by atoms with E-state index >= 15 is 0 Å². The summed E-state index contributed by atoms with van der Waals surface area (Å²) in [7, 11) is 3.32. The number of fused-ring (bicyclic) bond motifs is 1. The van der Waals surface area contributed by atoms with Gasteiger partial charge in [0.25, 0.3) is 0 Å². The number of hydrogen-bond acceptors (Lipinski definition) is 4. The molecule has 0 bridgehead atoms. The second-order valence-electron chi connectivity index (χ2n) is 5.35. The smallest absolute Gasteiger partial charge is 0.161 e. The Balaban J connectivity index is 2.04. The van der Waals surface area contributed by atoms with E-state index in [9.17, 15) is 0 Å². The average molecular weight is 284 g/mol. The molecule has 3 rings (SSSR count). The van der Waals surface area contributed by atoms with Gasteiger partial charge in [-0.2, -0.15) is 0 Å². The molecule has 1 N–H and O–H groups in total. The van der Waals surface area contributed by atoms with Crippen molar-refractivity contribution >= 4 is 0 Å². The van der Waals surface area contributed by atoms with Gasteiger partial charge in [0.15, 0.2) is 11.5 Å². The van der Waals surface area contributed by atoms with Crippen LogP contribution in [0.4, 0.5) is 0 Å². The molecule has 1 atom stereocenters. The van der Waals surface area contributed by atoms with Crippen LogP contribution in [0.25, 0.3) is 0 Å². The summed E-state index contributed by atoms with van der Waals surface area (Å²) in [5, 5.41) is 3.44. The monoisotopic (exact) mass is 284 g/mol. The predicted octanol–water partition coefficient (Wildman–Crippen LogP) is 2.64. The van der Waals surface area contributed by atoms with Crippen molar-refractivity contribution in [2.24, 2.45) is 0 Å². The molecular formula is C17H20N2O2. The van der Waals surface area contributed by atoms with Gasteiger partial charge in [0.1, 0.15) is 0 Å². The first-order chi connectivity index (χ1) is 10.2. The summed E-state index contributed by atoms with van der Waals surface area (Å²) < 4.78 is 10.7. The highest BCUT2D eigenvalue weighted by Gasteiger charge is 2.23. The molecule has 21 heavy (non-hydrogen) atoms. The summed E-state index contributed by atoms with van der Waals surface area (Å²) in [6.07, 6.45) is 1.93. The van der Waals surface area contributed by atoms with E-state index in [2.05, 4.69) is 35.4 Å². The molecule has 1 unspecified atom stereocenters. The Labute approximate surface area is 125 Å². The van der Waals surface area contributed by atoms with Crippen LogP contribution in [0.15, 0.2) is 30.5 Å². The molecule has 1 aromatic carbocycles. The second kappa shape index (κ2) is 5.74. The Hall–Kier alpha value is -2.07. The van der Waals surface area contributed by atoms with Crippen molar-refractivity contribution in [2.45, 2.75) is 19.4 Å². The molecule has 0 fully saturated rings. The minimum absolute atomic E-state index is 0.293. The van der Waals surface area contributed by atoms with E-state index in [4.69, 9.17) is 9.47 Å². The maximum atomic E-state index is 5.42. The normalized spacial score (nSPS) is 17.2. The molecule has 4 nitrogen and oxygen atoms in total. The highest BCUT2D eigenvalue weighted by atomic mass is 16.5. The van der Waals surface area contributed by atoms with Crippen molar-refractivity contribution in [1.29, 1.82) is 0 Å². The Morgan fingerprint density at radius 1 is 1.14 bits per heavy atom. The third kappa shape index (κ3) is 2.59. The van der Waals surface area contributed by atoms with Gasteiger partial charge in [-0.05, 0) is 35.7 Å². The third-order valence-electron chi connectivity index (χ3n) is 3.97. The molecule has 2 aromatic rings. The van der Waals surface area contributed by atoms with Gasteiger partial charge in [-0.1, -0.05) is 12.1 Å². The Morgan fingerprint density at radius 3 is 2.71 bits per heavy atom. The maximum absolute atomic E-state index is 5.42. The number of nitrogens with zero attached hydrogens (tertiary/aromatic N) is 1. The van der Waals surface area contributed by atoms with Crippen LogP contribution in [0.1, 0.15) is 28.3 Å². The molecule has 1 aromatic heterocycles. The molecule has 0 aliphatic carbocycles. The zero-order valence-electron chi connectivity index (χ0n) is 12.6. The Bertz CT molecular complexity index is 655. The quantitative estimate of drug-likeness (QED) is 0.941. The van der Waals surface area contributed by atoms with Crippen LogP contribution in [0.3, 0.4) is 0 Å². The number of rotatable bonds is 3. The first kappa shape index (κ1) is 13.9. The fraction of sp³-hybridized carbons (Fsp3) is 0.353. The highest BCUT2D eigenvalue weighted by Crippen LogP contribution is 2.35. The molecule has 0 spiro atoms. The van der Waals surface area contributed by atoms with Crippen molar-refractivity contribution in [3.63, 3.8) is 0 Å². The van der Waals surface area contributed by atoms with Crippen molar-refractivity contribution in [3.05, 3.63) is 52.8 Å². The number of ether oxygens (including phenoxy) is 2. The lowest BCUT2D eigenvalue weighted by atomic mass is 9.87. The van der Waals surface area contributed by atoms with Crippen LogP contribution < -0.4 is 14.8 Å². The molecule has 0 saturated carbocycles. The zero-order valence-corrected chi connectivity index (χ0v) is 12.6. The molecule has 1 aliphatic rings. The topological polar surface area (TPSA) is 43.4 Å². The van der Waals surface area contributed by atoms with Gasteiger partial charge in [-0.3, -0.25) is 4.98 Å². The van der Waals surface area contributed by atoms with Crippen LogP contribution in [-0.2, 0) is 6.54 Å². The van der Waals surface area contributed by atoms with Crippen LogP contribution in [0.5, 0.6) is 11.5 Å². The summed E-state index contributed by atoms with van der Waals surface area (Å²) in [4.78, 5) is 4.55. The molecule has 0 radical (unpaired) electrons. The van der Waals surface area contributed by atoms with Crippen molar-refractivity contribution < 1.29 is 9.47 Å². The van der Waals surface area contributed by atoms with Crippen LogP contribution in [0, 0.1) is 6.92 Å². The number of aryl methyl sites for hydroxylation is 1. The minimum atomic E-state index is 0.293. The van der Waals surface area contributed by atoms with Crippen LogP contribution >= 0.6 is 0 Å². The van der Waals surface area contributed by atoms with E-state index in [0.717, 1.165) is 30.3 Å². The van der Waals surface area contributed by atoms with Gasteiger partial charge in [0.05, 0.1) is 19.9 Å². The molecule has 4 heteroatoms. The number of methoxy groups -OCH3 is 2. The van der Waals surface area contributed by atoms with Gasteiger partial charge >= 0.3 is 0 Å². The Kier molecular flexibility index (Phi) is 3.80. The summed E-state index contributed by atoms with van der Waals surface area (Å²) >= 11 is 0. The van der Waals surface area contributed by atoms with E-state index in [-0.39, 0.29) is 0 Å². The molecule has 0 amide bonds. The van der Waals surface area contributed by atoms with Crippen LogP contribution in [-0.4, -0.2) is 25.7 Å². The second-order valence-corrected chi connectivity index (χ2v) is 5.35. The lowest BCUT2D eigenvalue weighted by Crippen LogP contribution is -2.29. The van der Waals surface area contributed by atoms with Crippen molar-refractivity contribution in [2.75, 3.05) is 20.8 Å². The summed E-state index contributed by atoms with van der Waals surface area (Å²) in [5.41, 5.74) is 4.85. The van der Waals surface area contributed by atoms with E-state index in [1.54, 1.807) is 14.2 Å². The summed E-state index contributed by atoms with van der Waals surface area (Å²) in [6, 6.07) is 8.37. The van der Waals surface area contributed by atoms with E-state index in [1.807, 2.05) is 12.3 Å². The predicted molar refractivity (Wildman–Crippen MR) is 82.1 cm³/mol.